The molecule has 3 nitrogen and oxygen atoms in total. The number of rotatable bonds is 6. The van der Waals surface area contributed by atoms with Gasteiger partial charge in [0.15, 0.2) is 0 Å². The number of carbonyl (C=O) groups excluding carboxylic acids is 1. The summed E-state index contributed by atoms with van der Waals surface area (Å²) >= 11 is 0. The molecule has 0 bridgehead atoms. The molecule has 2 aromatic rings. The Bertz CT molecular complexity index is 685. The van der Waals surface area contributed by atoms with Crippen LogP contribution in [0.1, 0.15) is 47.9 Å². The third kappa shape index (κ3) is 3.68. The Morgan fingerprint density at radius 2 is 1.25 bits per heavy atom. The predicted molar refractivity (Wildman–Crippen MR) is 90.4 cm³/mol. The maximum atomic E-state index is 13.6. The summed E-state index contributed by atoms with van der Waals surface area (Å²) in [5.41, 5.74) is 14.0. The van der Waals surface area contributed by atoms with Gasteiger partial charge in [-0.3, -0.25) is 4.79 Å². The van der Waals surface area contributed by atoms with Crippen molar-refractivity contribution in [3.63, 3.8) is 0 Å². The highest BCUT2D eigenvalue weighted by molar-refractivity contribution is 5.91. The van der Waals surface area contributed by atoms with Crippen LogP contribution in [0.4, 0.5) is 8.78 Å². The molecule has 24 heavy (non-hydrogen) atoms. The molecule has 0 spiro atoms. The summed E-state index contributed by atoms with van der Waals surface area (Å²) in [6.07, 6.45) is 0. The lowest BCUT2D eigenvalue weighted by atomic mass is 9.82. The minimum absolute atomic E-state index is 0.129. The second-order valence-electron chi connectivity index (χ2n) is 5.94. The highest BCUT2D eigenvalue weighted by Gasteiger charge is 2.26. The van der Waals surface area contributed by atoms with Crippen molar-refractivity contribution in [1.82, 2.24) is 0 Å². The van der Waals surface area contributed by atoms with Crippen LogP contribution >= 0.6 is 0 Å². The number of nitrogens with two attached hydrogens (primary N) is 2. The zero-order valence-electron chi connectivity index (χ0n) is 13.9. The third-order valence-electron chi connectivity index (χ3n) is 4.44. The Balaban J connectivity index is 2.38. The minimum Gasteiger partial charge on any atom is -0.326 e. The summed E-state index contributed by atoms with van der Waals surface area (Å²) in [4.78, 5) is 12.9. The fourth-order valence-corrected chi connectivity index (χ4v) is 2.99. The van der Waals surface area contributed by atoms with Crippen LogP contribution in [0.5, 0.6) is 0 Å². The van der Waals surface area contributed by atoms with Crippen molar-refractivity contribution < 1.29 is 13.6 Å². The Morgan fingerprint density at radius 3 is 1.58 bits per heavy atom. The molecule has 2 unspecified atom stereocenters. The average molecular weight is 332 g/mol. The van der Waals surface area contributed by atoms with Crippen LogP contribution in [-0.4, -0.2) is 5.78 Å². The Morgan fingerprint density at radius 1 is 0.875 bits per heavy atom. The molecule has 0 aromatic heterocycles. The van der Waals surface area contributed by atoms with Gasteiger partial charge in [-0.05, 0) is 46.5 Å². The van der Waals surface area contributed by atoms with Gasteiger partial charge in [0, 0.05) is 24.9 Å². The standard InChI is InChI=1S/C19H22F2N2O/c1-11(17-7-15(20)5-3-13(17)9-22)19(24)12(2)18-8-16(21)6-4-14(18)10-23/h3-8,11-12H,9-10,22-23H2,1-2H3. The number of carbonyl (C=O) groups is 1. The van der Waals surface area contributed by atoms with Crippen molar-refractivity contribution in [2.24, 2.45) is 11.5 Å². The molecule has 0 saturated carbocycles. The molecule has 0 amide bonds. The van der Waals surface area contributed by atoms with Gasteiger partial charge >= 0.3 is 0 Å². The van der Waals surface area contributed by atoms with Gasteiger partial charge < -0.3 is 11.5 Å². The normalized spacial score (nSPS) is 13.6. The van der Waals surface area contributed by atoms with Crippen LogP contribution in [0, 0.1) is 11.6 Å². The van der Waals surface area contributed by atoms with Gasteiger partial charge in [-0.15, -0.1) is 0 Å². The zero-order valence-corrected chi connectivity index (χ0v) is 13.9. The summed E-state index contributed by atoms with van der Waals surface area (Å²) in [5, 5.41) is 0. The summed E-state index contributed by atoms with van der Waals surface area (Å²) in [6, 6.07) is 8.51. The van der Waals surface area contributed by atoms with E-state index in [2.05, 4.69) is 0 Å². The van der Waals surface area contributed by atoms with Gasteiger partial charge in [-0.2, -0.15) is 0 Å². The van der Waals surface area contributed by atoms with Crippen molar-refractivity contribution >= 4 is 5.78 Å². The van der Waals surface area contributed by atoms with Crippen molar-refractivity contribution in [2.45, 2.75) is 38.8 Å². The highest BCUT2D eigenvalue weighted by Crippen LogP contribution is 2.30. The number of benzene rings is 2. The van der Waals surface area contributed by atoms with E-state index in [9.17, 15) is 13.6 Å². The molecular formula is C19H22F2N2O. The van der Waals surface area contributed by atoms with E-state index in [1.165, 1.54) is 24.3 Å². The topological polar surface area (TPSA) is 69.1 Å². The van der Waals surface area contributed by atoms with E-state index in [4.69, 9.17) is 11.5 Å². The summed E-state index contributed by atoms with van der Waals surface area (Å²) in [7, 11) is 0. The number of halogens is 2. The monoisotopic (exact) mass is 332 g/mol. The second kappa shape index (κ2) is 7.64. The van der Waals surface area contributed by atoms with Gasteiger partial charge in [0.25, 0.3) is 0 Å². The van der Waals surface area contributed by atoms with Gasteiger partial charge in [-0.1, -0.05) is 26.0 Å². The van der Waals surface area contributed by atoms with Gasteiger partial charge in [-0.25, -0.2) is 8.78 Å². The van der Waals surface area contributed by atoms with Crippen molar-refractivity contribution in [2.75, 3.05) is 0 Å². The Hall–Kier alpha value is -2.11. The zero-order chi connectivity index (χ0) is 17.9. The van der Waals surface area contributed by atoms with Gasteiger partial charge in [0.2, 0.25) is 0 Å². The lowest BCUT2D eigenvalue weighted by molar-refractivity contribution is -0.121. The lowest BCUT2D eigenvalue weighted by Gasteiger charge is -2.21. The molecule has 0 radical (unpaired) electrons. The van der Waals surface area contributed by atoms with E-state index in [1.807, 2.05) is 0 Å². The van der Waals surface area contributed by atoms with Crippen LogP contribution in [0.3, 0.4) is 0 Å². The van der Waals surface area contributed by atoms with E-state index in [-0.39, 0.29) is 18.9 Å². The van der Waals surface area contributed by atoms with E-state index in [0.29, 0.717) is 11.1 Å². The van der Waals surface area contributed by atoms with E-state index < -0.39 is 23.5 Å². The number of hydrogen-bond donors (Lipinski definition) is 2. The van der Waals surface area contributed by atoms with Crippen molar-refractivity contribution in [3.8, 4) is 0 Å². The SMILES string of the molecule is CC(C(=O)C(C)c1cc(F)ccc1CN)c1cc(F)ccc1CN. The number of Topliss-reactive ketones (excluding diaryl/α,β-unsaturated/α-hetero) is 1. The first-order chi connectivity index (χ1) is 11.4. The first kappa shape index (κ1) is 18.2. The Kier molecular flexibility index (Phi) is 5.80. The number of ketones is 1. The van der Waals surface area contributed by atoms with Gasteiger partial charge in [0.05, 0.1) is 0 Å². The molecule has 0 aliphatic rings. The third-order valence-corrected chi connectivity index (χ3v) is 4.44. The molecule has 2 aromatic carbocycles. The first-order valence-electron chi connectivity index (χ1n) is 7.89. The van der Waals surface area contributed by atoms with Crippen LogP contribution in [-0.2, 0) is 17.9 Å². The van der Waals surface area contributed by atoms with Crippen molar-refractivity contribution in [1.29, 1.82) is 0 Å². The fourth-order valence-electron chi connectivity index (χ4n) is 2.99. The molecule has 0 heterocycles. The number of hydrogen-bond acceptors (Lipinski definition) is 3. The summed E-state index contributed by atoms with van der Waals surface area (Å²) < 4.78 is 27.2. The van der Waals surface area contributed by atoms with Crippen LogP contribution < -0.4 is 11.5 Å². The summed E-state index contributed by atoms with van der Waals surface area (Å²) in [6.45, 7) is 3.87. The first-order valence-corrected chi connectivity index (χ1v) is 7.89. The molecule has 0 aliphatic heterocycles. The molecule has 4 N–H and O–H groups in total. The van der Waals surface area contributed by atoms with Crippen molar-refractivity contribution in [3.05, 3.63) is 70.3 Å². The molecular weight excluding hydrogens is 310 g/mol. The largest absolute Gasteiger partial charge is 0.326 e. The molecule has 5 heteroatoms. The highest BCUT2D eigenvalue weighted by atomic mass is 19.1. The van der Waals surface area contributed by atoms with Crippen LogP contribution in [0.2, 0.25) is 0 Å². The molecule has 2 atom stereocenters. The predicted octanol–water partition coefficient (Wildman–Crippen LogP) is 3.36. The van der Waals surface area contributed by atoms with Crippen LogP contribution in [0.15, 0.2) is 36.4 Å². The molecule has 0 fully saturated rings. The molecule has 0 aliphatic carbocycles. The van der Waals surface area contributed by atoms with Crippen LogP contribution in [0.25, 0.3) is 0 Å². The molecule has 128 valence electrons. The Labute approximate surface area is 140 Å². The second-order valence-corrected chi connectivity index (χ2v) is 5.94. The maximum Gasteiger partial charge on any atom is 0.147 e. The fraction of sp³-hybridized carbons (Fsp3) is 0.316. The quantitative estimate of drug-likeness (QED) is 0.852. The van der Waals surface area contributed by atoms with E-state index in [0.717, 1.165) is 11.1 Å². The molecule has 0 saturated heterocycles. The minimum atomic E-state index is -0.553. The lowest BCUT2D eigenvalue weighted by Crippen LogP contribution is -2.20. The van der Waals surface area contributed by atoms with E-state index in [1.54, 1.807) is 26.0 Å². The van der Waals surface area contributed by atoms with Gasteiger partial charge in [0.1, 0.15) is 17.4 Å². The molecule has 2 rings (SSSR count). The maximum absolute atomic E-state index is 13.6. The average Bonchev–Trinajstić information content (AvgIpc) is 2.59. The smallest absolute Gasteiger partial charge is 0.147 e. The summed E-state index contributed by atoms with van der Waals surface area (Å²) in [5.74, 6) is -2.06. The van der Waals surface area contributed by atoms with E-state index >= 15 is 0 Å².